The third kappa shape index (κ3) is 1.90. The van der Waals surface area contributed by atoms with Crippen LogP contribution in [0.5, 0.6) is 0 Å². The molecule has 3 N–H and O–H groups in total. The Kier molecular flexibility index (Phi) is 3.01. The Labute approximate surface area is 119 Å². The number of amides is 1. The van der Waals surface area contributed by atoms with Crippen LogP contribution in [0, 0.1) is 0 Å². The van der Waals surface area contributed by atoms with Crippen molar-refractivity contribution in [1.82, 2.24) is 30.2 Å². The van der Waals surface area contributed by atoms with Gasteiger partial charge in [-0.05, 0) is 17.2 Å². The van der Waals surface area contributed by atoms with Crippen molar-refractivity contribution < 1.29 is 9.42 Å². The molecule has 9 heteroatoms. The van der Waals surface area contributed by atoms with E-state index in [0.29, 0.717) is 34.7 Å². The van der Waals surface area contributed by atoms with Crippen molar-refractivity contribution in [2.75, 3.05) is 12.8 Å². The smallest absolute Gasteiger partial charge is 0.254 e. The molecule has 0 atom stereocenters. The molecule has 21 heavy (non-hydrogen) atoms. The number of aryl methyl sites for hydroxylation is 1. The van der Waals surface area contributed by atoms with Gasteiger partial charge < -0.3 is 15.6 Å². The Hall–Kier alpha value is -2.97. The zero-order valence-corrected chi connectivity index (χ0v) is 11.5. The van der Waals surface area contributed by atoms with E-state index in [4.69, 9.17) is 5.73 Å². The Balaban J connectivity index is 2.34. The van der Waals surface area contributed by atoms with Crippen LogP contribution in [0.2, 0.25) is 0 Å². The van der Waals surface area contributed by atoms with Crippen LogP contribution in [0.15, 0.2) is 17.0 Å². The number of hydrogen-bond donors (Lipinski definition) is 2. The van der Waals surface area contributed by atoms with Crippen LogP contribution in [0.4, 0.5) is 5.82 Å². The van der Waals surface area contributed by atoms with Gasteiger partial charge >= 0.3 is 0 Å². The van der Waals surface area contributed by atoms with E-state index in [-0.39, 0.29) is 11.7 Å². The number of imidazole rings is 1. The minimum atomic E-state index is -0.236. The van der Waals surface area contributed by atoms with Gasteiger partial charge in [0, 0.05) is 19.8 Å². The van der Waals surface area contributed by atoms with Gasteiger partial charge in [0.05, 0.1) is 17.3 Å². The van der Waals surface area contributed by atoms with Crippen molar-refractivity contribution in [2.45, 2.75) is 13.5 Å². The Bertz CT molecular complexity index is 820. The number of pyridine rings is 1. The molecule has 3 aromatic rings. The van der Waals surface area contributed by atoms with E-state index in [1.165, 1.54) is 6.20 Å². The number of rotatable bonds is 3. The Morgan fingerprint density at radius 2 is 2.24 bits per heavy atom. The van der Waals surface area contributed by atoms with Crippen LogP contribution < -0.4 is 11.1 Å². The average Bonchev–Trinajstić information content (AvgIpc) is 3.08. The van der Waals surface area contributed by atoms with Crippen LogP contribution in [0.3, 0.4) is 0 Å². The number of carbonyl (C=O) groups excluding carboxylic acids is 1. The van der Waals surface area contributed by atoms with E-state index < -0.39 is 0 Å². The first-order valence-corrected chi connectivity index (χ1v) is 6.32. The number of hydrogen-bond acceptors (Lipinski definition) is 7. The van der Waals surface area contributed by atoms with Gasteiger partial charge in [0.2, 0.25) is 0 Å². The van der Waals surface area contributed by atoms with Crippen LogP contribution in [-0.2, 0) is 6.54 Å². The summed E-state index contributed by atoms with van der Waals surface area (Å²) in [5.41, 5.74) is 7.76. The highest BCUT2D eigenvalue weighted by atomic mass is 16.6. The number of anilines is 1. The van der Waals surface area contributed by atoms with E-state index >= 15 is 0 Å². The van der Waals surface area contributed by atoms with Gasteiger partial charge in [-0.2, -0.15) is 0 Å². The lowest BCUT2D eigenvalue weighted by atomic mass is 10.2. The maximum Gasteiger partial charge on any atom is 0.254 e. The molecule has 3 aromatic heterocycles. The second-order valence-electron chi connectivity index (χ2n) is 4.31. The number of carbonyl (C=O) groups is 1. The molecule has 0 radical (unpaired) electrons. The number of nitrogen functional groups attached to an aromatic ring is 1. The normalized spacial score (nSPS) is 11.0. The molecule has 0 aromatic carbocycles. The fourth-order valence-corrected chi connectivity index (χ4v) is 2.23. The van der Waals surface area contributed by atoms with Gasteiger partial charge in [-0.15, -0.1) is 0 Å². The van der Waals surface area contributed by atoms with Gasteiger partial charge in [0.1, 0.15) is 5.52 Å². The van der Waals surface area contributed by atoms with E-state index in [0.717, 1.165) is 0 Å². The maximum atomic E-state index is 12.0. The largest absolute Gasteiger partial charge is 0.379 e. The average molecular weight is 287 g/mol. The summed E-state index contributed by atoms with van der Waals surface area (Å²) in [5.74, 6) is 0.402. The minimum Gasteiger partial charge on any atom is -0.379 e. The lowest BCUT2D eigenvalue weighted by molar-refractivity contribution is 0.0964. The molecular weight excluding hydrogens is 274 g/mol. The van der Waals surface area contributed by atoms with Crippen molar-refractivity contribution in [2.24, 2.45) is 0 Å². The molecule has 3 rings (SSSR count). The van der Waals surface area contributed by atoms with Crippen LogP contribution in [0.1, 0.15) is 17.3 Å². The summed E-state index contributed by atoms with van der Waals surface area (Å²) in [6.45, 7) is 2.51. The fourth-order valence-electron chi connectivity index (χ4n) is 2.23. The topological polar surface area (TPSA) is 125 Å². The molecule has 0 aliphatic carbocycles. The number of nitrogens with two attached hydrogens (primary N) is 1. The number of nitrogens with zero attached hydrogens (tertiary/aromatic N) is 5. The number of aromatic nitrogens is 5. The summed E-state index contributed by atoms with van der Waals surface area (Å²) in [5, 5.41) is 9.91. The molecule has 0 fully saturated rings. The van der Waals surface area contributed by atoms with Crippen molar-refractivity contribution in [3.8, 4) is 11.5 Å². The summed E-state index contributed by atoms with van der Waals surface area (Å²) in [6, 6.07) is 0. The molecule has 9 nitrogen and oxygen atoms in total. The first-order chi connectivity index (χ1) is 10.2. The molecule has 0 bridgehead atoms. The van der Waals surface area contributed by atoms with Crippen molar-refractivity contribution >= 4 is 22.8 Å². The fraction of sp³-hybridized carbons (Fsp3) is 0.250. The monoisotopic (exact) mass is 287 g/mol. The molecule has 1 amide bonds. The lowest BCUT2D eigenvalue weighted by Gasteiger charge is -2.07. The third-order valence-electron chi connectivity index (χ3n) is 3.16. The van der Waals surface area contributed by atoms with Crippen LogP contribution >= 0.6 is 0 Å². The predicted molar refractivity (Wildman–Crippen MR) is 74.3 cm³/mol. The highest BCUT2D eigenvalue weighted by molar-refractivity contribution is 6.05. The summed E-state index contributed by atoms with van der Waals surface area (Å²) in [7, 11) is 1.56. The zero-order valence-electron chi connectivity index (χ0n) is 11.5. The van der Waals surface area contributed by atoms with Crippen LogP contribution in [0.25, 0.3) is 22.6 Å². The van der Waals surface area contributed by atoms with Crippen molar-refractivity contribution in [1.29, 1.82) is 0 Å². The van der Waals surface area contributed by atoms with E-state index in [1.807, 2.05) is 11.5 Å². The predicted octanol–water partition coefficient (Wildman–Crippen LogP) is 0.443. The highest BCUT2D eigenvalue weighted by Gasteiger charge is 2.22. The SMILES string of the molecule is CCn1c(-c2nonc2N)nc2cncc(C(=O)NC)c21. The summed E-state index contributed by atoms with van der Waals surface area (Å²) in [6.07, 6.45) is 3.09. The molecular formula is C12H13N7O2. The van der Waals surface area contributed by atoms with Gasteiger partial charge in [0.15, 0.2) is 17.3 Å². The molecule has 0 aliphatic heterocycles. The standard InChI is InChI=1S/C12H13N7O2/c1-3-19-9-6(12(20)14-2)4-15-5-7(9)16-11(19)8-10(13)18-21-17-8/h4-5H,3H2,1-2H3,(H2,13,18)(H,14,20). The van der Waals surface area contributed by atoms with Gasteiger partial charge in [-0.1, -0.05) is 0 Å². The number of nitrogens with one attached hydrogen (secondary N) is 1. The van der Waals surface area contributed by atoms with Gasteiger partial charge in [-0.25, -0.2) is 9.61 Å². The summed E-state index contributed by atoms with van der Waals surface area (Å²) >= 11 is 0. The first-order valence-electron chi connectivity index (χ1n) is 6.32. The minimum absolute atomic E-state index is 0.148. The van der Waals surface area contributed by atoms with E-state index in [1.54, 1.807) is 13.2 Å². The molecule has 108 valence electrons. The molecule has 3 heterocycles. The second kappa shape index (κ2) is 4.85. The van der Waals surface area contributed by atoms with E-state index in [9.17, 15) is 4.79 Å². The third-order valence-corrected chi connectivity index (χ3v) is 3.16. The Morgan fingerprint density at radius 1 is 1.43 bits per heavy atom. The summed E-state index contributed by atoms with van der Waals surface area (Å²) in [4.78, 5) is 20.5. The number of fused-ring (bicyclic) bond motifs is 1. The molecule has 0 spiro atoms. The van der Waals surface area contributed by atoms with Crippen molar-refractivity contribution in [3.63, 3.8) is 0 Å². The zero-order chi connectivity index (χ0) is 15.0. The quantitative estimate of drug-likeness (QED) is 0.716. The molecule has 0 unspecified atom stereocenters. The van der Waals surface area contributed by atoms with Gasteiger partial charge in [-0.3, -0.25) is 9.78 Å². The van der Waals surface area contributed by atoms with Crippen molar-refractivity contribution in [3.05, 3.63) is 18.0 Å². The second-order valence-corrected chi connectivity index (χ2v) is 4.31. The van der Waals surface area contributed by atoms with Crippen LogP contribution in [-0.4, -0.2) is 37.8 Å². The Morgan fingerprint density at radius 3 is 2.86 bits per heavy atom. The lowest BCUT2D eigenvalue weighted by Crippen LogP contribution is -2.19. The van der Waals surface area contributed by atoms with Gasteiger partial charge in [0.25, 0.3) is 5.91 Å². The molecule has 0 saturated heterocycles. The highest BCUT2D eigenvalue weighted by Crippen LogP contribution is 2.27. The molecule has 0 aliphatic rings. The first kappa shape index (κ1) is 13.0. The maximum absolute atomic E-state index is 12.0. The molecule has 0 saturated carbocycles. The summed E-state index contributed by atoms with van der Waals surface area (Å²) < 4.78 is 6.45. The van der Waals surface area contributed by atoms with E-state index in [2.05, 4.69) is 30.2 Å².